The number of pyridine rings is 1. The minimum Gasteiger partial charge on any atom is -0.406 e. The van der Waals surface area contributed by atoms with Gasteiger partial charge in [-0.15, -0.1) is 13.2 Å². The molecule has 7 heteroatoms. The molecule has 2 rings (SSSR count). The van der Waals surface area contributed by atoms with Crippen molar-refractivity contribution in [2.45, 2.75) is 13.0 Å². The van der Waals surface area contributed by atoms with Gasteiger partial charge in [-0.3, -0.25) is 0 Å². The van der Waals surface area contributed by atoms with Crippen LogP contribution < -0.4 is 4.74 Å². The lowest BCUT2D eigenvalue weighted by Gasteiger charge is -2.11. The predicted octanol–water partition coefficient (Wildman–Crippen LogP) is 3.79. The Kier molecular flexibility index (Phi) is 4.15. The second-order valence-electron chi connectivity index (χ2n) is 3.87. The fourth-order valence-electron chi connectivity index (χ4n) is 1.61. The molecule has 0 bridgehead atoms. The van der Waals surface area contributed by atoms with Gasteiger partial charge in [0, 0.05) is 5.56 Å². The number of halogens is 4. The molecule has 0 radical (unpaired) electrons. The number of hydrogen-bond donors (Lipinski definition) is 1. The molecule has 0 saturated carbocycles. The number of aliphatic hydroxyl groups is 1. The van der Waals surface area contributed by atoms with Crippen molar-refractivity contribution < 1.29 is 23.0 Å². The van der Waals surface area contributed by atoms with Crippen LogP contribution in [0.3, 0.4) is 0 Å². The molecule has 0 atom stereocenters. The molecule has 1 N–H and O–H groups in total. The van der Waals surface area contributed by atoms with Gasteiger partial charge >= 0.3 is 6.36 Å². The number of aromatic nitrogens is 1. The molecule has 0 fully saturated rings. The molecule has 0 saturated heterocycles. The summed E-state index contributed by atoms with van der Waals surface area (Å²) in [5, 5.41) is 9.30. The summed E-state index contributed by atoms with van der Waals surface area (Å²) < 4.78 is 40.4. The lowest BCUT2D eigenvalue weighted by molar-refractivity contribution is -0.274. The smallest absolute Gasteiger partial charge is 0.406 e. The molecule has 0 unspecified atom stereocenters. The van der Waals surface area contributed by atoms with Gasteiger partial charge in [-0.2, -0.15) is 0 Å². The standard InChI is InChI=1S/C13H9ClF3NO2/c14-11-5-4-9(7-19)18-12(11)8-2-1-3-10(6-8)20-13(15,16)17/h1-6,19H,7H2. The molecule has 0 spiro atoms. The lowest BCUT2D eigenvalue weighted by Crippen LogP contribution is -2.17. The zero-order chi connectivity index (χ0) is 14.8. The van der Waals surface area contributed by atoms with Crippen molar-refractivity contribution in [2.24, 2.45) is 0 Å². The number of alkyl halides is 3. The normalized spacial score (nSPS) is 11.4. The van der Waals surface area contributed by atoms with Gasteiger partial charge < -0.3 is 9.84 Å². The van der Waals surface area contributed by atoms with Crippen LogP contribution in [0.5, 0.6) is 5.75 Å². The van der Waals surface area contributed by atoms with E-state index in [0.29, 0.717) is 11.3 Å². The highest BCUT2D eigenvalue weighted by atomic mass is 35.5. The van der Waals surface area contributed by atoms with Gasteiger partial charge in [0.05, 0.1) is 23.0 Å². The maximum atomic E-state index is 12.2. The fourth-order valence-corrected chi connectivity index (χ4v) is 1.83. The van der Waals surface area contributed by atoms with Crippen LogP contribution in [0.2, 0.25) is 5.02 Å². The van der Waals surface area contributed by atoms with Gasteiger partial charge in [-0.1, -0.05) is 23.7 Å². The van der Waals surface area contributed by atoms with E-state index >= 15 is 0 Å². The number of ether oxygens (including phenoxy) is 1. The molecule has 106 valence electrons. The Hall–Kier alpha value is -1.79. The van der Waals surface area contributed by atoms with Gasteiger partial charge in [0.25, 0.3) is 0 Å². The van der Waals surface area contributed by atoms with Gasteiger partial charge in [-0.25, -0.2) is 4.98 Å². The van der Waals surface area contributed by atoms with Crippen LogP contribution >= 0.6 is 11.6 Å². The summed E-state index contributed by atoms with van der Waals surface area (Å²) in [4.78, 5) is 4.08. The summed E-state index contributed by atoms with van der Waals surface area (Å²) in [6.45, 7) is -0.289. The van der Waals surface area contributed by atoms with Crippen LogP contribution in [0.15, 0.2) is 36.4 Å². The number of aliphatic hydroxyl groups excluding tert-OH is 1. The first-order valence-electron chi connectivity index (χ1n) is 5.51. The highest BCUT2D eigenvalue weighted by Gasteiger charge is 2.31. The Morgan fingerprint density at radius 2 is 1.95 bits per heavy atom. The summed E-state index contributed by atoms with van der Waals surface area (Å²) in [5.74, 6) is -0.359. The maximum Gasteiger partial charge on any atom is 0.573 e. The molecule has 1 aromatic carbocycles. The van der Waals surface area contributed by atoms with Gasteiger partial charge in [-0.05, 0) is 24.3 Å². The van der Waals surface area contributed by atoms with Gasteiger partial charge in [0.15, 0.2) is 0 Å². The fraction of sp³-hybridized carbons (Fsp3) is 0.154. The minimum absolute atomic E-state index is 0.270. The Morgan fingerprint density at radius 1 is 1.20 bits per heavy atom. The second-order valence-corrected chi connectivity index (χ2v) is 4.27. The summed E-state index contributed by atoms with van der Waals surface area (Å²) in [7, 11) is 0. The lowest BCUT2D eigenvalue weighted by atomic mass is 10.1. The minimum atomic E-state index is -4.76. The third-order valence-corrected chi connectivity index (χ3v) is 2.71. The average molecular weight is 304 g/mol. The highest BCUT2D eigenvalue weighted by molar-refractivity contribution is 6.33. The zero-order valence-electron chi connectivity index (χ0n) is 9.99. The first kappa shape index (κ1) is 14.6. The molecule has 2 aromatic rings. The third kappa shape index (κ3) is 3.61. The van der Waals surface area contributed by atoms with E-state index in [1.807, 2.05) is 0 Å². The molecular weight excluding hydrogens is 295 g/mol. The molecule has 0 aliphatic heterocycles. The monoisotopic (exact) mass is 303 g/mol. The summed E-state index contributed by atoms with van der Waals surface area (Å²) in [6.07, 6.45) is -4.76. The Morgan fingerprint density at radius 3 is 2.60 bits per heavy atom. The van der Waals surface area contributed by atoms with Gasteiger partial charge in [0.2, 0.25) is 0 Å². The average Bonchev–Trinajstić information content (AvgIpc) is 2.37. The van der Waals surface area contributed by atoms with E-state index in [0.717, 1.165) is 0 Å². The molecule has 3 nitrogen and oxygen atoms in total. The molecule has 1 aromatic heterocycles. The topological polar surface area (TPSA) is 42.4 Å². The van der Waals surface area contributed by atoms with Crippen molar-refractivity contribution >= 4 is 11.6 Å². The van der Waals surface area contributed by atoms with E-state index in [1.165, 1.54) is 30.3 Å². The molecule has 0 aliphatic rings. The van der Waals surface area contributed by atoms with Crippen LogP contribution in [0.1, 0.15) is 5.69 Å². The molecule has 0 aliphatic carbocycles. The van der Waals surface area contributed by atoms with E-state index in [-0.39, 0.29) is 23.1 Å². The van der Waals surface area contributed by atoms with Crippen LogP contribution in [0.25, 0.3) is 11.3 Å². The Labute approximate surface area is 117 Å². The van der Waals surface area contributed by atoms with E-state index in [4.69, 9.17) is 16.7 Å². The van der Waals surface area contributed by atoms with Crippen molar-refractivity contribution in [3.05, 3.63) is 47.1 Å². The third-order valence-electron chi connectivity index (χ3n) is 2.41. The van der Waals surface area contributed by atoms with Crippen LogP contribution in [0.4, 0.5) is 13.2 Å². The van der Waals surface area contributed by atoms with Crippen LogP contribution in [-0.2, 0) is 6.61 Å². The predicted molar refractivity (Wildman–Crippen MR) is 67.3 cm³/mol. The van der Waals surface area contributed by atoms with E-state index in [9.17, 15) is 13.2 Å². The first-order chi connectivity index (χ1) is 9.39. The molecular formula is C13H9ClF3NO2. The SMILES string of the molecule is OCc1ccc(Cl)c(-c2cccc(OC(F)(F)F)c2)n1. The van der Waals surface area contributed by atoms with Crippen LogP contribution in [0, 0.1) is 0 Å². The highest BCUT2D eigenvalue weighted by Crippen LogP contribution is 2.30. The maximum absolute atomic E-state index is 12.2. The van der Waals surface area contributed by atoms with Crippen molar-refractivity contribution in [1.82, 2.24) is 4.98 Å². The summed E-state index contributed by atoms with van der Waals surface area (Å²) in [6, 6.07) is 8.37. The number of benzene rings is 1. The number of hydrogen-bond acceptors (Lipinski definition) is 3. The largest absolute Gasteiger partial charge is 0.573 e. The number of nitrogens with zero attached hydrogens (tertiary/aromatic N) is 1. The van der Waals surface area contributed by atoms with E-state index < -0.39 is 6.36 Å². The first-order valence-corrected chi connectivity index (χ1v) is 5.89. The van der Waals surface area contributed by atoms with Crippen molar-refractivity contribution in [1.29, 1.82) is 0 Å². The Balaban J connectivity index is 2.40. The summed E-state index contributed by atoms with van der Waals surface area (Å²) >= 11 is 5.97. The van der Waals surface area contributed by atoms with Crippen LogP contribution in [-0.4, -0.2) is 16.5 Å². The van der Waals surface area contributed by atoms with Crippen molar-refractivity contribution in [3.8, 4) is 17.0 Å². The van der Waals surface area contributed by atoms with Crippen molar-refractivity contribution in [2.75, 3.05) is 0 Å². The Bertz CT molecular complexity index is 617. The van der Waals surface area contributed by atoms with E-state index in [2.05, 4.69) is 9.72 Å². The van der Waals surface area contributed by atoms with Gasteiger partial charge in [0.1, 0.15) is 5.75 Å². The second kappa shape index (κ2) is 5.68. The van der Waals surface area contributed by atoms with E-state index in [1.54, 1.807) is 6.07 Å². The molecule has 20 heavy (non-hydrogen) atoms. The summed E-state index contributed by atoms with van der Waals surface area (Å²) in [5.41, 5.74) is 1.02. The molecule has 1 heterocycles. The van der Waals surface area contributed by atoms with Crippen molar-refractivity contribution in [3.63, 3.8) is 0 Å². The quantitative estimate of drug-likeness (QED) is 0.938. The zero-order valence-corrected chi connectivity index (χ0v) is 10.7. The number of rotatable bonds is 3. The molecule has 0 amide bonds.